The molecule has 0 bridgehead atoms. The van der Waals surface area contributed by atoms with Gasteiger partial charge in [-0.1, -0.05) is 182 Å². The molecule has 0 atom stereocenters. The predicted molar refractivity (Wildman–Crippen MR) is 235 cm³/mol. The zero-order valence-electron chi connectivity index (χ0n) is 31.3. The van der Waals surface area contributed by atoms with Crippen molar-refractivity contribution in [2.45, 2.75) is 6.92 Å². The quantitative estimate of drug-likeness (QED) is 0.153. The Bertz CT molecular complexity index is 3020. The van der Waals surface area contributed by atoms with E-state index in [1.807, 2.05) is 31.2 Å². The second kappa shape index (κ2) is 14.6. The van der Waals surface area contributed by atoms with E-state index in [0.717, 1.165) is 94.7 Å². The summed E-state index contributed by atoms with van der Waals surface area (Å²) in [4.78, 5) is 20.3. The summed E-state index contributed by atoms with van der Waals surface area (Å²) in [6.07, 6.45) is 0. The van der Waals surface area contributed by atoms with Gasteiger partial charge >= 0.3 is 0 Å². The third-order valence-corrected chi connectivity index (χ3v) is 10.6. The molecule has 0 unspecified atom stereocenters. The topological polar surface area (TPSA) is 51.6 Å². The number of hydrogen-bond donors (Lipinski definition) is 0. The fraction of sp³-hybridized carbons (Fsp3) is 0.0189. The largest absolute Gasteiger partial charge is 0.251 e. The van der Waals surface area contributed by atoms with Crippen LogP contribution in [-0.4, -0.2) is 19.9 Å². The summed E-state index contributed by atoms with van der Waals surface area (Å²) < 4.78 is 0. The molecule has 0 aliphatic heterocycles. The van der Waals surface area contributed by atoms with Crippen molar-refractivity contribution in [1.29, 1.82) is 0 Å². The second-order valence-corrected chi connectivity index (χ2v) is 14.3. The summed E-state index contributed by atoms with van der Waals surface area (Å²) in [7, 11) is 0. The molecule has 57 heavy (non-hydrogen) atoms. The standard InChI is InChI=1S/C53H36N4/c1-35-17-18-44-31-32-46-47(40-13-7-3-8-14-40)33-48(55-52(46)51(44)54-35)42-25-19-38(20-26-42)39-21-27-43(28-22-39)50-34-49(41-15-9-4-10-16-41)56-53(57-50)45-29-23-37(24-30-45)36-11-5-2-6-12-36/h2-34H,1H3. The van der Waals surface area contributed by atoms with Crippen LogP contribution in [0.25, 0.3) is 100 Å². The number of rotatable bonds is 7. The molecular formula is C53H36N4. The monoisotopic (exact) mass is 728 g/mol. The van der Waals surface area contributed by atoms with E-state index in [1.54, 1.807) is 0 Å². The van der Waals surface area contributed by atoms with Gasteiger partial charge in [0.05, 0.1) is 28.1 Å². The van der Waals surface area contributed by atoms with Crippen LogP contribution in [0.5, 0.6) is 0 Å². The third kappa shape index (κ3) is 6.75. The van der Waals surface area contributed by atoms with E-state index in [0.29, 0.717) is 5.82 Å². The van der Waals surface area contributed by atoms with Crippen LogP contribution in [0.15, 0.2) is 200 Å². The highest BCUT2D eigenvalue weighted by Crippen LogP contribution is 2.36. The molecule has 4 heteroatoms. The highest BCUT2D eigenvalue weighted by Gasteiger charge is 2.15. The molecule has 10 aromatic rings. The Morgan fingerprint density at radius 2 is 0.719 bits per heavy atom. The van der Waals surface area contributed by atoms with Gasteiger partial charge in [-0.15, -0.1) is 0 Å². The molecule has 0 spiro atoms. The minimum absolute atomic E-state index is 0.697. The van der Waals surface area contributed by atoms with Crippen molar-refractivity contribution in [2.24, 2.45) is 0 Å². The SMILES string of the molecule is Cc1ccc2ccc3c(-c4ccccc4)cc(-c4ccc(-c5ccc(-c6cc(-c7ccccc7)nc(-c7ccc(-c8ccccc8)cc7)n6)cc5)cc4)nc3c2n1. The number of pyridine rings is 2. The van der Waals surface area contributed by atoms with E-state index in [4.69, 9.17) is 19.9 Å². The van der Waals surface area contributed by atoms with E-state index >= 15 is 0 Å². The van der Waals surface area contributed by atoms with Gasteiger partial charge in [0.1, 0.15) is 0 Å². The van der Waals surface area contributed by atoms with E-state index < -0.39 is 0 Å². The Kier molecular flexibility index (Phi) is 8.69. The number of hydrogen-bond acceptors (Lipinski definition) is 4. The van der Waals surface area contributed by atoms with Crippen molar-refractivity contribution in [2.75, 3.05) is 0 Å². The van der Waals surface area contributed by atoms with E-state index in [9.17, 15) is 0 Å². The lowest BCUT2D eigenvalue weighted by Crippen LogP contribution is -1.96. The molecule has 0 amide bonds. The number of fused-ring (bicyclic) bond motifs is 3. The van der Waals surface area contributed by atoms with Crippen LogP contribution < -0.4 is 0 Å². The average Bonchev–Trinajstić information content (AvgIpc) is 3.29. The van der Waals surface area contributed by atoms with Gasteiger partial charge in [0.15, 0.2) is 5.82 Å². The Morgan fingerprint density at radius 3 is 1.28 bits per heavy atom. The van der Waals surface area contributed by atoms with E-state index in [2.05, 4.69) is 176 Å². The molecule has 3 aromatic heterocycles. The molecule has 0 aliphatic rings. The predicted octanol–water partition coefficient (Wildman–Crippen LogP) is 13.6. The first-order valence-electron chi connectivity index (χ1n) is 19.2. The minimum Gasteiger partial charge on any atom is -0.251 e. The summed E-state index contributed by atoms with van der Waals surface area (Å²) in [6, 6.07) is 69.9. The van der Waals surface area contributed by atoms with Gasteiger partial charge in [0, 0.05) is 38.7 Å². The van der Waals surface area contributed by atoms with Gasteiger partial charge in [-0.2, -0.15) is 0 Å². The Hall–Kier alpha value is -7.56. The zero-order valence-corrected chi connectivity index (χ0v) is 31.3. The fourth-order valence-electron chi connectivity index (χ4n) is 7.56. The minimum atomic E-state index is 0.697. The maximum atomic E-state index is 5.25. The van der Waals surface area contributed by atoms with Crippen LogP contribution in [0.4, 0.5) is 0 Å². The zero-order chi connectivity index (χ0) is 38.1. The van der Waals surface area contributed by atoms with Crippen molar-refractivity contribution in [3.63, 3.8) is 0 Å². The Morgan fingerprint density at radius 1 is 0.298 bits per heavy atom. The van der Waals surface area contributed by atoms with Gasteiger partial charge in [0.25, 0.3) is 0 Å². The Labute approximate surface area is 331 Å². The molecule has 3 heterocycles. The third-order valence-electron chi connectivity index (χ3n) is 10.6. The van der Waals surface area contributed by atoms with Crippen LogP contribution in [0, 0.1) is 6.92 Å². The summed E-state index contributed by atoms with van der Waals surface area (Å²) in [5, 5.41) is 2.18. The summed E-state index contributed by atoms with van der Waals surface area (Å²) in [5.41, 5.74) is 16.5. The highest BCUT2D eigenvalue weighted by atomic mass is 14.9. The first-order valence-corrected chi connectivity index (χ1v) is 19.2. The average molecular weight is 729 g/mol. The summed E-state index contributed by atoms with van der Waals surface area (Å²) in [6.45, 7) is 2.03. The molecule has 268 valence electrons. The Balaban J connectivity index is 0.985. The fourth-order valence-corrected chi connectivity index (χ4v) is 7.56. The maximum absolute atomic E-state index is 5.25. The van der Waals surface area contributed by atoms with Crippen molar-refractivity contribution in [3.05, 3.63) is 206 Å². The molecule has 4 nitrogen and oxygen atoms in total. The van der Waals surface area contributed by atoms with Gasteiger partial charge in [-0.05, 0) is 58.5 Å². The molecule has 0 fully saturated rings. The number of aryl methyl sites for hydroxylation is 1. The van der Waals surface area contributed by atoms with Gasteiger partial charge in [-0.3, -0.25) is 4.98 Å². The highest BCUT2D eigenvalue weighted by molar-refractivity contribution is 6.09. The number of benzene rings is 7. The lowest BCUT2D eigenvalue weighted by atomic mass is 9.96. The van der Waals surface area contributed by atoms with Crippen LogP contribution in [0.2, 0.25) is 0 Å². The molecule has 10 rings (SSSR count). The molecule has 0 saturated heterocycles. The molecule has 0 aliphatic carbocycles. The summed E-state index contributed by atoms with van der Waals surface area (Å²) >= 11 is 0. The van der Waals surface area contributed by atoms with Crippen LogP contribution in [-0.2, 0) is 0 Å². The van der Waals surface area contributed by atoms with Crippen molar-refractivity contribution >= 4 is 21.8 Å². The lowest BCUT2D eigenvalue weighted by Gasteiger charge is -2.13. The van der Waals surface area contributed by atoms with Crippen LogP contribution in [0.1, 0.15) is 5.69 Å². The van der Waals surface area contributed by atoms with Crippen LogP contribution in [0.3, 0.4) is 0 Å². The number of aromatic nitrogens is 4. The van der Waals surface area contributed by atoms with E-state index in [1.165, 1.54) is 5.56 Å². The normalized spacial score (nSPS) is 11.2. The second-order valence-electron chi connectivity index (χ2n) is 14.3. The van der Waals surface area contributed by atoms with E-state index in [-0.39, 0.29) is 0 Å². The van der Waals surface area contributed by atoms with Crippen molar-refractivity contribution in [3.8, 4) is 78.5 Å². The van der Waals surface area contributed by atoms with Gasteiger partial charge in [-0.25, -0.2) is 15.0 Å². The smallest absolute Gasteiger partial charge is 0.160 e. The molecule has 0 radical (unpaired) electrons. The molecule has 0 N–H and O–H groups in total. The molecular weight excluding hydrogens is 693 g/mol. The molecule has 0 saturated carbocycles. The van der Waals surface area contributed by atoms with Crippen LogP contribution >= 0.6 is 0 Å². The first-order chi connectivity index (χ1) is 28.1. The van der Waals surface area contributed by atoms with Crippen molar-refractivity contribution < 1.29 is 0 Å². The number of nitrogens with zero attached hydrogens (tertiary/aromatic N) is 4. The van der Waals surface area contributed by atoms with Gasteiger partial charge in [0.2, 0.25) is 0 Å². The lowest BCUT2D eigenvalue weighted by molar-refractivity contribution is 1.18. The maximum Gasteiger partial charge on any atom is 0.160 e. The first kappa shape index (κ1) is 34.0. The molecule has 7 aromatic carbocycles. The summed E-state index contributed by atoms with van der Waals surface area (Å²) in [5.74, 6) is 0.697. The van der Waals surface area contributed by atoms with Gasteiger partial charge < -0.3 is 0 Å². The van der Waals surface area contributed by atoms with Crippen molar-refractivity contribution in [1.82, 2.24) is 19.9 Å².